The van der Waals surface area contributed by atoms with Gasteiger partial charge in [-0.3, -0.25) is 0 Å². The predicted molar refractivity (Wildman–Crippen MR) is 66.3 cm³/mol. The molecule has 1 heterocycles. The Bertz CT molecular complexity index is 369. The summed E-state index contributed by atoms with van der Waals surface area (Å²) >= 11 is 1.52. The molecule has 0 aromatic carbocycles. The van der Waals surface area contributed by atoms with Crippen molar-refractivity contribution in [3.63, 3.8) is 0 Å². The lowest BCUT2D eigenvalue weighted by molar-refractivity contribution is 0.215. The van der Waals surface area contributed by atoms with Gasteiger partial charge in [0, 0.05) is 23.6 Å². The van der Waals surface area contributed by atoms with Crippen LogP contribution in [0.5, 0.6) is 0 Å². The Morgan fingerprint density at radius 2 is 2.31 bits per heavy atom. The summed E-state index contributed by atoms with van der Waals surface area (Å²) in [6, 6.07) is 5.96. The van der Waals surface area contributed by atoms with Gasteiger partial charge in [0.25, 0.3) is 0 Å². The van der Waals surface area contributed by atoms with Crippen LogP contribution in [0.1, 0.15) is 36.4 Å². The summed E-state index contributed by atoms with van der Waals surface area (Å²) in [6.07, 6.45) is 1.73. The lowest BCUT2D eigenvalue weighted by atomic mass is 9.95. The van der Waals surface area contributed by atoms with Gasteiger partial charge in [0.1, 0.15) is 10.9 Å². The van der Waals surface area contributed by atoms with Gasteiger partial charge in [-0.2, -0.15) is 5.26 Å². The van der Waals surface area contributed by atoms with Gasteiger partial charge < -0.3 is 10.4 Å². The minimum absolute atomic E-state index is 0.0223. The molecule has 16 heavy (non-hydrogen) atoms. The molecule has 0 radical (unpaired) electrons. The summed E-state index contributed by atoms with van der Waals surface area (Å²) in [6.45, 7) is 5.18. The maximum atomic E-state index is 8.99. The van der Waals surface area contributed by atoms with Gasteiger partial charge in [0.15, 0.2) is 0 Å². The highest BCUT2D eigenvalue weighted by Gasteiger charge is 2.20. The smallest absolute Gasteiger partial charge is 0.110 e. The second-order valence-electron chi connectivity index (χ2n) is 4.12. The van der Waals surface area contributed by atoms with E-state index in [0.29, 0.717) is 0 Å². The Balaban J connectivity index is 2.52. The summed E-state index contributed by atoms with van der Waals surface area (Å²) in [5.41, 5.74) is -0.0223. The van der Waals surface area contributed by atoms with Crippen LogP contribution in [-0.2, 0) is 6.54 Å². The number of nitrogens with one attached hydrogen (secondary N) is 1. The minimum Gasteiger partial charge on any atom is -0.396 e. The lowest BCUT2D eigenvalue weighted by Gasteiger charge is -2.28. The van der Waals surface area contributed by atoms with Crippen LogP contribution in [0.25, 0.3) is 0 Å². The largest absolute Gasteiger partial charge is 0.396 e. The van der Waals surface area contributed by atoms with Crippen molar-refractivity contribution in [2.45, 2.75) is 38.8 Å². The van der Waals surface area contributed by atoms with Gasteiger partial charge in [-0.25, -0.2) is 0 Å². The number of thiophene rings is 1. The van der Waals surface area contributed by atoms with E-state index in [9.17, 15) is 0 Å². The van der Waals surface area contributed by atoms with E-state index in [1.165, 1.54) is 11.3 Å². The molecule has 2 N–H and O–H groups in total. The Labute approximate surface area is 101 Å². The molecular formula is C12H18N2OS. The molecule has 0 saturated heterocycles. The van der Waals surface area contributed by atoms with E-state index in [-0.39, 0.29) is 12.1 Å². The number of rotatable bonds is 6. The maximum absolute atomic E-state index is 8.99. The molecule has 0 fully saturated rings. The molecule has 1 aromatic heterocycles. The molecule has 0 aliphatic rings. The standard InChI is InChI=1S/C12H18N2OS/c1-3-12(2,6-7-15)14-9-11-5-4-10(8-13)16-11/h4-5,14-15H,3,6-7,9H2,1-2H3. The molecule has 1 unspecified atom stereocenters. The van der Waals surface area contributed by atoms with E-state index >= 15 is 0 Å². The zero-order chi connectivity index (χ0) is 12.0. The van der Waals surface area contributed by atoms with Crippen LogP contribution in [0.15, 0.2) is 12.1 Å². The Morgan fingerprint density at radius 3 is 2.81 bits per heavy atom. The van der Waals surface area contributed by atoms with Gasteiger partial charge in [0.2, 0.25) is 0 Å². The first-order valence-corrected chi connectivity index (χ1v) is 6.30. The number of nitrogens with zero attached hydrogens (tertiary/aromatic N) is 1. The molecule has 0 spiro atoms. The van der Waals surface area contributed by atoms with E-state index in [2.05, 4.69) is 25.2 Å². The molecule has 4 heteroatoms. The molecule has 0 bridgehead atoms. The average molecular weight is 238 g/mol. The van der Waals surface area contributed by atoms with E-state index < -0.39 is 0 Å². The molecule has 1 aromatic rings. The van der Waals surface area contributed by atoms with Gasteiger partial charge >= 0.3 is 0 Å². The summed E-state index contributed by atoms with van der Waals surface area (Å²) in [7, 11) is 0. The summed E-state index contributed by atoms with van der Waals surface area (Å²) in [4.78, 5) is 1.91. The fourth-order valence-electron chi connectivity index (χ4n) is 1.47. The van der Waals surface area contributed by atoms with Crippen LogP contribution in [0.3, 0.4) is 0 Å². The zero-order valence-electron chi connectivity index (χ0n) is 9.79. The quantitative estimate of drug-likeness (QED) is 0.799. The van der Waals surface area contributed by atoms with Crippen molar-refractivity contribution in [3.8, 4) is 6.07 Å². The normalized spacial score (nSPS) is 14.4. The number of aliphatic hydroxyl groups is 1. The van der Waals surface area contributed by atoms with E-state index in [0.717, 1.165) is 29.1 Å². The first-order valence-electron chi connectivity index (χ1n) is 5.48. The molecule has 1 rings (SSSR count). The molecular weight excluding hydrogens is 220 g/mol. The number of hydrogen-bond acceptors (Lipinski definition) is 4. The van der Waals surface area contributed by atoms with Crippen LogP contribution < -0.4 is 5.32 Å². The molecule has 88 valence electrons. The van der Waals surface area contributed by atoms with Crippen molar-refractivity contribution in [2.75, 3.05) is 6.61 Å². The second-order valence-corrected chi connectivity index (χ2v) is 5.29. The third kappa shape index (κ3) is 3.60. The van der Waals surface area contributed by atoms with Gasteiger partial charge in [0.05, 0.1) is 0 Å². The predicted octanol–water partition coefficient (Wildman–Crippen LogP) is 2.26. The monoisotopic (exact) mass is 238 g/mol. The summed E-state index contributed by atoms with van der Waals surface area (Å²) in [5, 5.41) is 21.1. The fraction of sp³-hybridized carbons (Fsp3) is 0.583. The van der Waals surface area contributed by atoms with Crippen molar-refractivity contribution in [3.05, 3.63) is 21.9 Å². The second kappa shape index (κ2) is 6.00. The number of hydrogen-bond donors (Lipinski definition) is 2. The SMILES string of the molecule is CCC(C)(CCO)NCc1ccc(C#N)s1. The van der Waals surface area contributed by atoms with Crippen molar-refractivity contribution in [1.82, 2.24) is 5.32 Å². The van der Waals surface area contributed by atoms with Crippen LogP contribution >= 0.6 is 11.3 Å². The first-order chi connectivity index (χ1) is 7.63. The highest BCUT2D eigenvalue weighted by molar-refractivity contribution is 7.12. The molecule has 0 aliphatic carbocycles. The van der Waals surface area contributed by atoms with Crippen LogP contribution in [0.4, 0.5) is 0 Å². The molecule has 0 saturated carbocycles. The average Bonchev–Trinajstić information content (AvgIpc) is 2.75. The molecule has 3 nitrogen and oxygen atoms in total. The molecule has 0 amide bonds. The highest BCUT2D eigenvalue weighted by Crippen LogP contribution is 2.19. The molecule has 0 aliphatic heterocycles. The highest BCUT2D eigenvalue weighted by atomic mass is 32.1. The molecule has 1 atom stereocenters. The Hall–Kier alpha value is -0.890. The number of aliphatic hydroxyl groups excluding tert-OH is 1. The topological polar surface area (TPSA) is 56.0 Å². The van der Waals surface area contributed by atoms with Gasteiger partial charge in [-0.15, -0.1) is 11.3 Å². The van der Waals surface area contributed by atoms with E-state index in [1.54, 1.807) is 0 Å². The summed E-state index contributed by atoms with van der Waals surface area (Å²) in [5.74, 6) is 0. The van der Waals surface area contributed by atoms with Crippen molar-refractivity contribution >= 4 is 11.3 Å². The Morgan fingerprint density at radius 1 is 1.56 bits per heavy atom. The van der Waals surface area contributed by atoms with Gasteiger partial charge in [-0.1, -0.05) is 6.92 Å². The first kappa shape index (κ1) is 13.2. The van der Waals surface area contributed by atoms with Crippen molar-refractivity contribution in [2.24, 2.45) is 0 Å². The van der Waals surface area contributed by atoms with Gasteiger partial charge in [-0.05, 0) is 31.9 Å². The fourth-order valence-corrected chi connectivity index (χ4v) is 2.22. The minimum atomic E-state index is -0.0223. The van der Waals surface area contributed by atoms with Crippen LogP contribution in [-0.4, -0.2) is 17.3 Å². The zero-order valence-corrected chi connectivity index (χ0v) is 10.6. The van der Waals surface area contributed by atoms with Crippen molar-refractivity contribution < 1.29 is 5.11 Å². The van der Waals surface area contributed by atoms with Crippen molar-refractivity contribution in [1.29, 1.82) is 5.26 Å². The van der Waals surface area contributed by atoms with E-state index in [1.807, 2.05) is 12.1 Å². The van der Waals surface area contributed by atoms with Crippen LogP contribution in [0, 0.1) is 11.3 Å². The summed E-state index contributed by atoms with van der Waals surface area (Å²) < 4.78 is 0. The third-order valence-corrected chi connectivity index (χ3v) is 3.90. The van der Waals surface area contributed by atoms with E-state index in [4.69, 9.17) is 10.4 Å². The Kier molecular flexibility index (Phi) is 4.94. The third-order valence-electron chi connectivity index (χ3n) is 2.91. The lowest BCUT2D eigenvalue weighted by Crippen LogP contribution is -2.41. The maximum Gasteiger partial charge on any atom is 0.110 e. The van der Waals surface area contributed by atoms with Crippen LogP contribution in [0.2, 0.25) is 0 Å². The number of nitriles is 1.